The van der Waals surface area contributed by atoms with Gasteiger partial charge in [-0.25, -0.2) is 4.79 Å². The van der Waals surface area contributed by atoms with E-state index in [9.17, 15) is 4.79 Å². The maximum Gasteiger partial charge on any atom is 0.328 e. The van der Waals surface area contributed by atoms with Crippen LogP contribution in [0.15, 0.2) is 27.1 Å². The number of rotatable bonds is 4. The molecule has 0 bridgehead atoms. The predicted octanol–water partition coefficient (Wildman–Crippen LogP) is 3.58. The zero-order valence-electron chi connectivity index (χ0n) is 9.09. The Morgan fingerprint density at radius 2 is 2.19 bits per heavy atom. The van der Waals surface area contributed by atoms with E-state index in [0.717, 1.165) is 14.6 Å². The molecule has 88 valence electrons. The van der Waals surface area contributed by atoms with Crippen molar-refractivity contribution in [2.45, 2.75) is 19.9 Å². The quantitative estimate of drug-likeness (QED) is 0.843. The summed E-state index contributed by atoms with van der Waals surface area (Å²) in [6, 6.07) is 5.35. The SMILES string of the molecule is CCOC(=O)C(C)Nc1ccc(Br)cc1Br. The van der Waals surface area contributed by atoms with E-state index in [4.69, 9.17) is 4.74 Å². The number of hydrogen-bond donors (Lipinski definition) is 1. The van der Waals surface area contributed by atoms with Crippen molar-refractivity contribution in [2.24, 2.45) is 0 Å². The molecule has 0 aliphatic rings. The Bertz CT molecular complexity index is 382. The van der Waals surface area contributed by atoms with E-state index in [1.54, 1.807) is 13.8 Å². The molecule has 1 unspecified atom stereocenters. The molecule has 0 fully saturated rings. The molecule has 1 aromatic carbocycles. The number of halogens is 2. The van der Waals surface area contributed by atoms with Gasteiger partial charge in [-0.1, -0.05) is 15.9 Å². The zero-order chi connectivity index (χ0) is 12.1. The Morgan fingerprint density at radius 1 is 1.50 bits per heavy atom. The van der Waals surface area contributed by atoms with Crippen LogP contribution in [0.4, 0.5) is 5.69 Å². The lowest BCUT2D eigenvalue weighted by Crippen LogP contribution is -2.28. The summed E-state index contributed by atoms with van der Waals surface area (Å²) in [5.41, 5.74) is 0.865. The van der Waals surface area contributed by atoms with Crippen molar-refractivity contribution >= 4 is 43.5 Å². The Labute approximate surface area is 112 Å². The molecule has 0 aliphatic carbocycles. The molecular weight excluding hydrogens is 338 g/mol. The Hall–Kier alpha value is -0.550. The van der Waals surface area contributed by atoms with Gasteiger partial charge in [-0.15, -0.1) is 0 Å². The van der Waals surface area contributed by atoms with Gasteiger partial charge in [-0.3, -0.25) is 0 Å². The molecule has 1 rings (SSSR count). The van der Waals surface area contributed by atoms with Crippen LogP contribution in [0.25, 0.3) is 0 Å². The summed E-state index contributed by atoms with van der Waals surface area (Å²) in [4.78, 5) is 11.4. The van der Waals surface area contributed by atoms with Gasteiger partial charge >= 0.3 is 5.97 Å². The minimum atomic E-state index is -0.363. The number of nitrogens with one attached hydrogen (secondary N) is 1. The molecule has 0 aliphatic heterocycles. The topological polar surface area (TPSA) is 38.3 Å². The smallest absolute Gasteiger partial charge is 0.328 e. The van der Waals surface area contributed by atoms with Crippen LogP contribution in [0.2, 0.25) is 0 Å². The summed E-state index contributed by atoms with van der Waals surface area (Å²) in [5, 5.41) is 3.08. The first kappa shape index (κ1) is 13.5. The van der Waals surface area contributed by atoms with E-state index in [1.807, 2.05) is 18.2 Å². The van der Waals surface area contributed by atoms with Crippen molar-refractivity contribution in [2.75, 3.05) is 11.9 Å². The Kier molecular flexibility index (Phi) is 5.28. The van der Waals surface area contributed by atoms with Gasteiger partial charge in [-0.05, 0) is 48.0 Å². The van der Waals surface area contributed by atoms with E-state index < -0.39 is 0 Å². The summed E-state index contributed by atoms with van der Waals surface area (Å²) in [6.07, 6.45) is 0. The van der Waals surface area contributed by atoms with Crippen molar-refractivity contribution in [1.29, 1.82) is 0 Å². The van der Waals surface area contributed by atoms with Crippen LogP contribution in [0, 0.1) is 0 Å². The zero-order valence-corrected chi connectivity index (χ0v) is 12.3. The fourth-order valence-electron chi connectivity index (χ4n) is 1.17. The second kappa shape index (κ2) is 6.25. The first-order chi connectivity index (χ1) is 7.54. The lowest BCUT2D eigenvalue weighted by Gasteiger charge is -2.15. The highest BCUT2D eigenvalue weighted by atomic mass is 79.9. The van der Waals surface area contributed by atoms with Crippen molar-refractivity contribution in [3.63, 3.8) is 0 Å². The normalized spacial score (nSPS) is 12.0. The lowest BCUT2D eigenvalue weighted by molar-refractivity contribution is -0.143. The second-order valence-electron chi connectivity index (χ2n) is 3.24. The monoisotopic (exact) mass is 349 g/mol. The van der Waals surface area contributed by atoms with Crippen LogP contribution in [-0.4, -0.2) is 18.6 Å². The number of carbonyl (C=O) groups is 1. The first-order valence-corrected chi connectivity index (χ1v) is 6.51. The van der Waals surface area contributed by atoms with E-state index >= 15 is 0 Å². The standard InChI is InChI=1S/C11H13Br2NO2/c1-3-16-11(15)7(2)14-10-5-4-8(12)6-9(10)13/h4-7,14H,3H2,1-2H3. The van der Waals surface area contributed by atoms with E-state index in [-0.39, 0.29) is 12.0 Å². The maximum atomic E-state index is 11.4. The van der Waals surface area contributed by atoms with Gasteiger partial charge in [0.1, 0.15) is 6.04 Å². The molecule has 0 amide bonds. The summed E-state index contributed by atoms with van der Waals surface area (Å²) in [7, 11) is 0. The van der Waals surface area contributed by atoms with Crippen LogP contribution in [0.5, 0.6) is 0 Å². The molecule has 0 heterocycles. The van der Waals surface area contributed by atoms with Gasteiger partial charge in [0.2, 0.25) is 0 Å². The second-order valence-corrected chi connectivity index (χ2v) is 5.01. The average Bonchev–Trinajstić information content (AvgIpc) is 2.22. The average molecular weight is 351 g/mol. The van der Waals surface area contributed by atoms with Crippen LogP contribution in [0.3, 0.4) is 0 Å². The van der Waals surface area contributed by atoms with Gasteiger partial charge in [0.05, 0.1) is 6.61 Å². The third-order valence-corrected chi connectivity index (χ3v) is 3.09. The van der Waals surface area contributed by atoms with Crippen molar-refractivity contribution in [3.05, 3.63) is 27.1 Å². The number of benzene rings is 1. The fourth-order valence-corrected chi connectivity index (χ4v) is 2.33. The molecule has 3 nitrogen and oxygen atoms in total. The summed E-state index contributed by atoms with van der Waals surface area (Å²) in [6.45, 7) is 3.96. The third-order valence-electron chi connectivity index (χ3n) is 1.94. The van der Waals surface area contributed by atoms with Gasteiger partial charge in [-0.2, -0.15) is 0 Å². The number of carbonyl (C=O) groups excluding carboxylic acids is 1. The molecule has 0 saturated carbocycles. The lowest BCUT2D eigenvalue weighted by atomic mass is 10.2. The predicted molar refractivity (Wildman–Crippen MR) is 71.6 cm³/mol. The Morgan fingerprint density at radius 3 is 2.75 bits per heavy atom. The number of anilines is 1. The van der Waals surface area contributed by atoms with Crippen molar-refractivity contribution < 1.29 is 9.53 Å². The minimum Gasteiger partial charge on any atom is -0.464 e. The molecule has 5 heteroatoms. The number of esters is 1. The highest BCUT2D eigenvalue weighted by Gasteiger charge is 2.14. The molecule has 0 spiro atoms. The van der Waals surface area contributed by atoms with Crippen molar-refractivity contribution in [3.8, 4) is 0 Å². The van der Waals surface area contributed by atoms with Gasteiger partial charge in [0.15, 0.2) is 0 Å². The van der Waals surface area contributed by atoms with Crippen LogP contribution in [0.1, 0.15) is 13.8 Å². The molecule has 0 radical (unpaired) electrons. The molecular formula is C11H13Br2NO2. The molecule has 0 saturated heterocycles. The summed E-state index contributed by atoms with van der Waals surface area (Å²) < 4.78 is 6.79. The van der Waals surface area contributed by atoms with Crippen molar-refractivity contribution in [1.82, 2.24) is 0 Å². The van der Waals surface area contributed by atoms with Gasteiger partial charge < -0.3 is 10.1 Å². The number of hydrogen-bond acceptors (Lipinski definition) is 3. The van der Waals surface area contributed by atoms with Crippen LogP contribution in [-0.2, 0) is 9.53 Å². The molecule has 1 N–H and O–H groups in total. The maximum absolute atomic E-state index is 11.4. The number of ether oxygens (including phenoxy) is 1. The van der Waals surface area contributed by atoms with Gasteiger partial charge in [0, 0.05) is 14.6 Å². The van der Waals surface area contributed by atoms with Gasteiger partial charge in [0.25, 0.3) is 0 Å². The summed E-state index contributed by atoms with van der Waals surface area (Å²) in [5.74, 6) is -0.252. The summed E-state index contributed by atoms with van der Waals surface area (Å²) >= 11 is 6.79. The molecule has 0 aromatic heterocycles. The van der Waals surface area contributed by atoms with E-state index in [2.05, 4.69) is 37.2 Å². The van der Waals surface area contributed by atoms with E-state index in [0.29, 0.717) is 6.61 Å². The highest BCUT2D eigenvalue weighted by molar-refractivity contribution is 9.11. The van der Waals surface area contributed by atoms with E-state index in [1.165, 1.54) is 0 Å². The Balaban J connectivity index is 2.69. The molecule has 16 heavy (non-hydrogen) atoms. The highest BCUT2D eigenvalue weighted by Crippen LogP contribution is 2.26. The van der Waals surface area contributed by atoms with Crippen LogP contribution >= 0.6 is 31.9 Å². The largest absolute Gasteiger partial charge is 0.464 e. The third kappa shape index (κ3) is 3.79. The first-order valence-electron chi connectivity index (χ1n) is 4.92. The minimum absolute atomic E-state index is 0.252. The molecule has 1 aromatic rings. The molecule has 1 atom stereocenters. The fraction of sp³-hybridized carbons (Fsp3) is 0.364. The van der Waals surface area contributed by atoms with Crippen LogP contribution < -0.4 is 5.32 Å².